The molecule has 0 aliphatic carbocycles. The van der Waals surface area contributed by atoms with Crippen LogP contribution in [0.3, 0.4) is 0 Å². The number of pyridine rings is 1. The van der Waals surface area contributed by atoms with E-state index in [1.807, 2.05) is 12.1 Å². The van der Waals surface area contributed by atoms with Crippen LogP contribution in [0.25, 0.3) is 5.82 Å². The molecule has 0 aromatic carbocycles. The highest BCUT2D eigenvalue weighted by Crippen LogP contribution is 2.09. The van der Waals surface area contributed by atoms with Gasteiger partial charge in [0.1, 0.15) is 18.7 Å². The summed E-state index contributed by atoms with van der Waals surface area (Å²) in [5.74, 6) is 0.567. The molecule has 0 spiro atoms. The van der Waals surface area contributed by atoms with Crippen LogP contribution >= 0.6 is 0 Å². The van der Waals surface area contributed by atoms with Crippen LogP contribution in [0, 0.1) is 0 Å². The topological polar surface area (TPSA) is 109 Å². The van der Waals surface area contributed by atoms with Crippen LogP contribution < -0.4 is 21.7 Å². The van der Waals surface area contributed by atoms with Gasteiger partial charge in [-0.3, -0.25) is 4.79 Å². The van der Waals surface area contributed by atoms with Gasteiger partial charge in [-0.25, -0.2) is 25.5 Å². The largest absolute Gasteiger partial charge is 0.350 e. The van der Waals surface area contributed by atoms with Gasteiger partial charge in [0.2, 0.25) is 5.91 Å². The summed E-state index contributed by atoms with van der Waals surface area (Å²) in [6.45, 7) is 0.912. The van der Waals surface area contributed by atoms with Crippen molar-refractivity contribution in [3.63, 3.8) is 0 Å². The van der Waals surface area contributed by atoms with Gasteiger partial charge in [-0.15, -0.1) is 0 Å². The molecule has 20 heavy (non-hydrogen) atoms. The number of amides is 1. The zero-order valence-corrected chi connectivity index (χ0v) is 10.6. The zero-order valence-electron chi connectivity index (χ0n) is 10.6. The lowest BCUT2D eigenvalue weighted by Gasteiger charge is -2.11. The minimum Gasteiger partial charge on any atom is -0.350 e. The predicted octanol–water partition coefficient (Wildman–Crippen LogP) is -1.74. The maximum Gasteiger partial charge on any atom is 0.240 e. The molecule has 0 radical (unpaired) electrons. The van der Waals surface area contributed by atoms with Crippen LogP contribution in [-0.4, -0.2) is 38.2 Å². The monoisotopic (exact) mass is 274 g/mol. The molecule has 0 saturated carbocycles. The number of nitrogens with one attached hydrogen (secondary N) is 4. The molecule has 9 heteroatoms. The van der Waals surface area contributed by atoms with Gasteiger partial charge in [-0.1, -0.05) is 6.07 Å². The first-order valence-corrected chi connectivity index (χ1v) is 6.14. The molecule has 1 fully saturated rings. The molecule has 3 heterocycles. The second-order valence-electron chi connectivity index (χ2n) is 4.25. The van der Waals surface area contributed by atoms with E-state index in [2.05, 4.69) is 36.8 Å². The second-order valence-corrected chi connectivity index (χ2v) is 4.25. The Kier molecular flexibility index (Phi) is 3.63. The van der Waals surface area contributed by atoms with Gasteiger partial charge >= 0.3 is 0 Å². The maximum atomic E-state index is 11.9. The molecule has 2 aromatic heterocycles. The summed E-state index contributed by atoms with van der Waals surface area (Å²) in [6, 6.07) is 3.42. The highest BCUT2D eigenvalue weighted by Gasteiger charge is 2.21. The van der Waals surface area contributed by atoms with Crippen LogP contribution in [0.15, 0.2) is 31.0 Å². The van der Waals surface area contributed by atoms with Crippen molar-refractivity contribution in [2.75, 3.05) is 6.54 Å². The Morgan fingerprint density at radius 2 is 2.50 bits per heavy atom. The summed E-state index contributed by atoms with van der Waals surface area (Å²) in [4.78, 5) is 20.1. The summed E-state index contributed by atoms with van der Waals surface area (Å²) in [5, 5.41) is 6.91. The van der Waals surface area contributed by atoms with Crippen LogP contribution in [0.1, 0.15) is 5.56 Å². The standard InChI is InChI=1S/C11H14N8O/c20-11(9-5-15-18-17-9)14-4-8-2-1-3-13-10(8)19-7-12-6-16-19/h1-3,6-7,9,15,17-18H,4-5H2,(H,14,20). The predicted molar refractivity (Wildman–Crippen MR) is 69.1 cm³/mol. The molecule has 1 aliphatic rings. The SMILES string of the molecule is O=C(NCc1cccnc1-n1cncn1)C1CNNN1. The van der Waals surface area contributed by atoms with Gasteiger partial charge in [-0.05, 0) is 6.07 Å². The number of hydrazine groups is 2. The lowest BCUT2D eigenvalue weighted by molar-refractivity contribution is -0.122. The molecule has 1 amide bonds. The Bertz CT molecular complexity index is 578. The Morgan fingerprint density at radius 3 is 3.25 bits per heavy atom. The van der Waals surface area contributed by atoms with Crippen LogP contribution in [0.5, 0.6) is 0 Å². The van der Waals surface area contributed by atoms with E-state index in [0.29, 0.717) is 18.9 Å². The molecular formula is C11H14N8O. The van der Waals surface area contributed by atoms with E-state index < -0.39 is 0 Å². The van der Waals surface area contributed by atoms with Crippen molar-refractivity contribution < 1.29 is 4.79 Å². The number of carbonyl (C=O) groups excluding carboxylic acids is 1. The number of hydrogen-bond donors (Lipinski definition) is 4. The molecular weight excluding hydrogens is 260 g/mol. The average molecular weight is 274 g/mol. The van der Waals surface area contributed by atoms with Crippen molar-refractivity contribution in [2.24, 2.45) is 0 Å². The molecule has 104 valence electrons. The lowest BCUT2D eigenvalue weighted by Crippen LogP contribution is -2.44. The molecule has 2 aromatic rings. The van der Waals surface area contributed by atoms with Gasteiger partial charge in [0, 0.05) is 24.8 Å². The number of carbonyl (C=O) groups is 1. The Hall–Kier alpha value is -2.36. The Morgan fingerprint density at radius 1 is 1.55 bits per heavy atom. The van der Waals surface area contributed by atoms with E-state index in [0.717, 1.165) is 5.56 Å². The van der Waals surface area contributed by atoms with Crippen molar-refractivity contribution in [2.45, 2.75) is 12.6 Å². The van der Waals surface area contributed by atoms with Gasteiger partial charge in [0.25, 0.3) is 0 Å². The van der Waals surface area contributed by atoms with Crippen molar-refractivity contribution in [1.29, 1.82) is 0 Å². The van der Waals surface area contributed by atoms with Crippen molar-refractivity contribution in [1.82, 2.24) is 41.5 Å². The summed E-state index contributed by atoms with van der Waals surface area (Å²) < 4.78 is 1.57. The number of rotatable bonds is 4. The molecule has 0 bridgehead atoms. The fourth-order valence-electron chi connectivity index (χ4n) is 1.90. The first kappa shape index (κ1) is 12.7. The van der Waals surface area contributed by atoms with E-state index in [9.17, 15) is 4.79 Å². The Labute approximate surface area is 114 Å². The van der Waals surface area contributed by atoms with E-state index in [-0.39, 0.29) is 11.9 Å². The minimum absolute atomic E-state index is 0.0871. The average Bonchev–Trinajstić information content (AvgIpc) is 3.17. The summed E-state index contributed by atoms with van der Waals surface area (Å²) in [5.41, 5.74) is 9.20. The normalized spacial score (nSPS) is 18.1. The minimum atomic E-state index is -0.290. The first-order chi connectivity index (χ1) is 9.84. The van der Waals surface area contributed by atoms with Crippen LogP contribution in [-0.2, 0) is 11.3 Å². The molecule has 4 N–H and O–H groups in total. The van der Waals surface area contributed by atoms with Gasteiger partial charge in [-0.2, -0.15) is 10.6 Å². The molecule has 1 saturated heterocycles. The van der Waals surface area contributed by atoms with Gasteiger partial charge in [0.05, 0.1) is 0 Å². The van der Waals surface area contributed by atoms with Crippen molar-refractivity contribution >= 4 is 5.91 Å². The van der Waals surface area contributed by atoms with Crippen LogP contribution in [0.4, 0.5) is 0 Å². The van der Waals surface area contributed by atoms with Gasteiger partial charge in [0.15, 0.2) is 5.82 Å². The lowest BCUT2D eigenvalue weighted by atomic mass is 10.2. The molecule has 9 nitrogen and oxygen atoms in total. The second kappa shape index (κ2) is 5.74. The van der Waals surface area contributed by atoms with E-state index >= 15 is 0 Å². The number of hydrogen-bond acceptors (Lipinski definition) is 7. The third-order valence-electron chi connectivity index (χ3n) is 2.91. The third kappa shape index (κ3) is 2.64. The molecule has 1 atom stereocenters. The molecule has 1 aliphatic heterocycles. The highest BCUT2D eigenvalue weighted by molar-refractivity contribution is 5.82. The molecule has 3 rings (SSSR count). The van der Waals surface area contributed by atoms with Gasteiger partial charge < -0.3 is 5.32 Å². The van der Waals surface area contributed by atoms with E-state index in [4.69, 9.17) is 0 Å². The fraction of sp³-hybridized carbons (Fsp3) is 0.273. The highest BCUT2D eigenvalue weighted by atomic mass is 16.2. The Balaban J connectivity index is 1.70. The van der Waals surface area contributed by atoms with Crippen molar-refractivity contribution in [3.8, 4) is 5.82 Å². The van der Waals surface area contributed by atoms with Crippen molar-refractivity contribution in [3.05, 3.63) is 36.5 Å². The smallest absolute Gasteiger partial charge is 0.240 e. The number of aromatic nitrogens is 4. The third-order valence-corrected chi connectivity index (χ3v) is 2.91. The summed E-state index contributed by atoms with van der Waals surface area (Å²) >= 11 is 0. The first-order valence-electron chi connectivity index (χ1n) is 6.14. The molecule has 1 unspecified atom stereocenters. The maximum absolute atomic E-state index is 11.9. The summed E-state index contributed by atoms with van der Waals surface area (Å²) in [6.07, 6.45) is 4.69. The number of nitrogens with zero attached hydrogens (tertiary/aromatic N) is 4. The summed E-state index contributed by atoms with van der Waals surface area (Å²) in [7, 11) is 0. The zero-order chi connectivity index (χ0) is 13.8. The fourth-order valence-corrected chi connectivity index (χ4v) is 1.90. The quantitative estimate of drug-likeness (QED) is 0.524. The van der Waals surface area contributed by atoms with Crippen LogP contribution in [0.2, 0.25) is 0 Å². The van der Waals surface area contributed by atoms with E-state index in [1.54, 1.807) is 17.2 Å². The van der Waals surface area contributed by atoms with E-state index in [1.165, 1.54) is 6.33 Å².